The van der Waals surface area contributed by atoms with E-state index in [4.69, 9.17) is 29.7 Å². The van der Waals surface area contributed by atoms with Crippen LogP contribution in [0.15, 0.2) is 53.3 Å². The van der Waals surface area contributed by atoms with Gasteiger partial charge in [-0.2, -0.15) is 0 Å². The predicted molar refractivity (Wildman–Crippen MR) is 241 cm³/mol. The largest absolute Gasteiger partial charge is 0.479 e. The molecule has 8 atom stereocenters. The second-order valence-corrected chi connectivity index (χ2v) is 17.8. The molecule has 1 saturated heterocycles. The number of nitrogens with two attached hydrogens (primary N) is 1. The summed E-state index contributed by atoms with van der Waals surface area (Å²) >= 11 is 0. The van der Waals surface area contributed by atoms with Crippen molar-refractivity contribution in [1.82, 2.24) is 19.8 Å². The number of ether oxygens (including phenoxy) is 4. The molecular formula is C47H56N6O15. The van der Waals surface area contributed by atoms with E-state index in [-0.39, 0.29) is 67.2 Å². The highest BCUT2D eigenvalue weighted by Gasteiger charge is 2.49. The van der Waals surface area contributed by atoms with Gasteiger partial charge in [-0.05, 0) is 74.9 Å². The van der Waals surface area contributed by atoms with Crippen molar-refractivity contribution in [3.05, 3.63) is 86.7 Å². The maximum Gasteiger partial charge on any atom is 0.410 e. The maximum atomic E-state index is 13.9. The van der Waals surface area contributed by atoms with Crippen LogP contribution >= 0.6 is 0 Å². The lowest BCUT2D eigenvalue weighted by molar-refractivity contribution is -0.271. The second-order valence-electron chi connectivity index (χ2n) is 17.8. The van der Waals surface area contributed by atoms with Crippen LogP contribution < -0.4 is 26.7 Å². The molecule has 0 bridgehead atoms. The number of anilines is 1. The number of nitrogens with zero attached hydrogens (tertiary/aromatic N) is 3. The number of aliphatic hydroxyl groups excluding tert-OH is 3. The Bertz CT molecular complexity index is 2710. The molecule has 9 N–H and O–H groups in total. The lowest BCUT2D eigenvalue weighted by Crippen LogP contribution is -2.61. The van der Waals surface area contributed by atoms with Crippen molar-refractivity contribution >= 4 is 46.4 Å². The van der Waals surface area contributed by atoms with Crippen molar-refractivity contribution in [2.24, 2.45) is 11.7 Å². The zero-order valence-electron chi connectivity index (χ0n) is 38.3. The maximum absolute atomic E-state index is 13.9. The topological polar surface area (TPSA) is 312 Å². The average molecular weight is 945 g/mol. The molecule has 0 spiro atoms. The summed E-state index contributed by atoms with van der Waals surface area (Å²) in [6, 6.07) is 10.9. The number of aromatic nitrogens is 2. The summed E-state index contributed by atoms with van der Waals surface area (Å²) < 4.78 is 23.8. The first-order chi connectivity index (χ1) is 32.2. The first-order valence-corrected chi connectivity index (χ1v) is 22.3. The van der Waals surface area contributed by atoms with Crippen molar-refractivity contribution in [3.8, 4) is 17.1 Å². The van der Waals surface area contributed by atoms with E-state index in [1.54, 1.807) is 31.4 Å². The van der Waals surface area contributed by atoms with Crippen molar-refractivity contribution in [3.63, 3.8) is 0 Å². The van der Waals surface area contributed by atoms with Gasteiger partial charge in [-0.1, -0.05) is 45.0 Å². The number of fused-ring (bicyclic) bond motifs is 5. The van der Waals surface area contributed by atoms with Crippen molar-refractivity contribution < 1.29 is 68.5 Å². The number of nitrogens with one attached hydrogen (secondary N) is 2. The number of para-hydroxylation sites is 1. The number of aliphatic carboxylic acids is 1. The Morgan fingerprint density at radius 3 is 2.38 bits per heavy atom. The molecule has 7 rings (SSSR count). The third kappa shape index (κ3) is 9.36. The minimum Gasteiger partial charge on any atom is -0.479 e. The van der Waals surface area contributed by atoms with Gasteiger partial charge in [0, 0.05) is 29.1 Å². The fraction of sp³-hybridized carbons (Fsp3) is 0.468. The highest BCUT2D eigenvalue weighted by molar-refractivity contribution is 5.98. The molecule has 1 fully saturated rings. The third-order valence-electron chi connectivity index (χ3n) is 12.7. The van der Waals surface area contributed by atoms with Crippen molar-refractivity contribution in [2.45, 2.75) is 129 Å². The summed E-state index contributed by atoms with van der Waals surface area (Å²) in [7, 11) is 0. The SMILES string of the molecule is CC[C@@]1(O)C(=O)OCc2c1cc1n(c2=O)Cc2c-1nc1ccccc1c2CCN(C(=O)OCc1ccc(NC(=O)[C@H](C)NC(=O)[C@@H](N)C(C)C)c(O[C@@H]2O[C@H](C(=O)O)[C@@H](O)[C@H](O)[C@H]2O)c1)C(C)C. The van der Waals surface area contributed by atoms with Crippen LogP contribution in [-0.4, -0.2) is 125 Å². The normalized spacial score (nSPS) is 22.7. The minimum absolute atomic E-state index is 0.00768. The summed E-state index contributed by atoms with van der Waals surface area (Å²) in [5, 5.41) is 58.4. The van der Waals surface area contributed by atoms with Gasteiger partial charge in [-0.15, -0.1) is 0 Å². The van der Waals surface area contributed by atoms with E-state index in [1.807, 2.05) is 38.1 Å². The molecule has 4 aromatic rings. The molecule has 3 aliphatic rings. The third-order valence-corrected chi connectivity index (χ3v) is 12.7. The monoisotopic (exact) mass is 944 g/mol. The number of carboxylic acid groups (broad SMARTS) is 1. The Hall–Kier alpha value is -6.49. The van der Waals surface area contributed by atoms with E-state index in [9.17, 15) is 54.3 Å². The number of rotatable bonds is 15. The van der Waals surface area contributed by atoms with Crippen LogP contribution in [0.2, 0.25) is 0 Å². The highest BCUT2D eigenvalue weighted by atomic mass is 16.7. The molecule has 0 aliphatic carbocycles. The van der Waals surface area contributed by atoms with Crippen LogP contribution in [-0.2, 0) is 65.2 Å². The molecule has 21 heteroatoms. The zero-order valence-corrected chi connectivity index (χ0v) is 38.3. The number of carboxylic acids is 1. The van der Waals surface area contributed by atoms with Crippen LogP contribution in [0.1, 0.15) is 75.8 Å². The van der Waals surface area contributed by atoms with Crippen LogP contribution in [0.5, 0.6) is 5.75 Å². The number of hydrogen-bond acceptors (Lipinski definition) is 16. The van der Waals surface area contributed by atoms with Gasteiger partial charge in [-0.25, -0.2) is 19.4 Å². The number of amides is 3. The summed E-state index contributed by atoms with van der Waals surface area (Å²) in [5.41, 5.74) is 7.33. The summed E-state index contributed by atoms with van der Waals surface area (Å²) in [4.78, 5) is 84.8. The van der Waals surface area contributed by atoms with Gasteiger partial charge in [0.25, 0.3) is 5.56 Å². The molecule has 0 saturated carbocycles. The average Bonchev–Trinajstić information content (AvgIpc) is 3.67. The Labute approximate surface area is 389 Å². The Morgan fingerprint density at radius 1 is 0.985 bits per heavy atom. The van der Waals surface area contributed by atoms with Crippen LogP contribution in [0, 0.1) is 5.92 Å². The van der Waals surface area contributed by atoms with Gasteiger partial charge in [0.2, 0.25) is 18.1 Å². The molecule has 3 aliphatic heterocycles. The molecule has 68 heavy (non-hydrogen) atoms. The first kappa shape index (κ1) is 49.4. The number of pyridine rings is 2. The number of hydrogen-bond donors (Lipinski definition) is 8. The van der Waals surface area contributed by atoms with Gasteiger partial charge in [-0.3, -0.25) is 14.4 Å². The van der Waals surface area contributed by atoms with Gasteiger partial charge in [0.15, 0.2) is 11.7 Å². The number of cyclic esters (lactones) is 1. The smallest absolute Gasteiger partial charge is 0.410 e. The van der Waals surface area contributed by atoms with Gasteiger partial charge >= 0.3 is 18.0 Å². The standard InChI is InChI=1S/C47H56N6O15/c1-7-47(64)29-17-32-35-27(18-53(32)42(59)28(29)20-65-45(47)62)25(26-10-8-9-11-30(26)50-35)14-15-52(22(4)5)46(63)66-19-24-12-13-31(51-40(57)23(6)49-41(58)34(48)21(2)3)33(16-24)67-44-38(56)36(54)37(55)39(68-44)43(60)61/h8-13,16-17,21-23,34,36-39,44,54-56,64H,7,14-15,18-20,48H2,1-6H3,(H,49,58)(H,51,57)(H,60,61)/t23-,34-,36-,37-,38+,39-,44+,47-/m0/s1. The zero-order chi connectivity index (χ0) is 49.5. The molecule has 0 radical (unpaired) electrons. The van der Waals surface area contributed by atoms with Gasteiger partial charge < -0.3 is 70.3 Å². The van der Waals surface area contributed by atoms with Gasteiger partial charge in [0.1, 0.15) is 43.3 Å². The lowest BCUT2D eigenvalue weighted by atomic mass is 9.86. The second kappa shape index (κ2) is 19.6. The van der Waals surface area contributed by atoms with Gasteiger partial charge in [0.05, 0.1) is 40.7 Å². The van der Waals surface area contributed by atoms with Crippen molar-refractivity contribution in [2.75, 3.05) is 11.9 Å². The molecule has 2 aromatic carbocycles. The Balaban J connectivity index is 1.12. The summed E-state index contributed by atoms with van der Waals surface area (Å²) in [6.07, 6.45) is -10.2. The van der Waals surface area contributed by atoms with E-state index in [2.05, 4.69) is 10.6 Å². The molecule has 0 unspecified atom stereocenters. The Morgan fingerprint density at radius 2 is 1.71 bits per heavy atom. The first-order valence-electron chi connectivity index (χ1n) is 22.3. The highest BCUT2D eigenvalue weighted by Crippen LogP contribution is 2.40. The predicted octanol–water partition coefficient (Wildman–Crippen LogP) is 1.37. The lowest BCUT2D eigenvalue weighted by Gasteiger charge is -2.38. The molecule has 5 heterocycles. The Kier molecular flexibility index (Phi) is 14.3. The number of carbonyl (C=O) groups is 5. The molecule has 21 nitrogen and oxygen atoms in total. The number of benzene rings is 2. The molecule has 3 amide bonds. The number of aliphatic hydroxyl groups is 4. The van der Waals surface area contributed by atoms with Crippen LogP contribution in [0.3, 0.4) is 0 Å². The molecule has 2 aromatic heterocycles. The quantitative estimate of drug-likeness (QED) is 0.0687. The van der Waals surface area contributed by atoms with Crippen molar-refractivity contribution in [1.29, 1.82) is 0 Å². The summed E-state index contributed by atoms with van der Waals surface area (Å²) in [6.45, 7) is 9.83. The number of carbonyl (C=O) groups excluding carboxylic acids is 4. The van der Waals surface area contributed by atoms with Crippen LogP contribution in [0.25, 0.3) is 22.3 Å². The van der Waals surface area contributed by atoms with E-state index >= 15 is 0 Å². The number of esters is 1. The fourth-order valence-electron chi connectivity index (χ4n) is 8.47. The van der Waals surface area contributed by atoms with E-state index in [0.29, 0.717) is 28.9 Å². The minimum atomic E-state index is -2.01. The van der Waals surface area contributed by atoms with Crippen LogP contribution in [0.4, 0.5) is 10.5 Å². The van der Waals surface area contributed by atoms with E-state index in [0.717, 1.165) is 16.5 Å². The van der Waals surface area contributed by atoms with E-state index < -0.39 is 83.8 Å². The summed E-state index contributed by atoms with van der Waals surface area (Å²) in [5.74, 6) is -4.20. The molecular weight excluding hydrogens is 889 g/mol. The van der Waals surface area contributed by atoms with E-state index in [1.165, 1.54) is 30.0 Å². The molecule has 364 valence electrons. The fourth-order valence-corrected chi connectivity index (χ4v) is 8.47.